The Morgan fingerprint density at radius 1 is 1.15 bits per heavy atom. The first-order chi connectivity index (χ1) is 25.6. The van der Waals surface area contributed by atoms with E-state index in [0.29, 0.717) is 32.0 Å². The van der Waals surface area contributed by atoms with Gasteiger partial charge in [-0.3, -0.25) is 0 Å². The minimum absolute atomic E-state index is 0.0156. The standard InChI is InChI=1S/C45H66O8Si/c1-33-26-27-50-39(29-33)24-25-42(49-8)43(51-32-36-20-22-37(48-7)23-21-36)18-12-17-41(53-54(9,10)45(4,5)6)31-35(3)28-34(2)30-40-16-11-14-38(52-40)15-13-19-44(46)47/h11-12,14,17,20-26,34,38-43H,3,15-16,18,27-32H2,1-2,4-10H3,(H,46,47). The van der Waals surface area contributed by atoms with Crippen LogP contribution in [0.15, 0.2) is 84.5 Å². The Labute approximate surface area is 326 Å². The third-order valence-corrected chi connectivity index (χ3v) is 14.9. The molecular formula is C45H66O8Si. The molecule has 1 aromatic carbocycles. The van der Waals surface area contributed by atoms with Crippen molar-refractivity contribution in [3.8, 4) is 17.6 Å². The van der Waals surface area contributed by atoms with Crippen LogP contribution >= 0.6 is 0 Å². The first-order valence-corrected chi connectivity index (χ1v) is 22.3. The van der Waals surface area contributed by atoms with Crippen LogP contribution in [0.25, 0.3) is 0 Å². The lowest BCUT2D eigenvalue weighted by Crippen LogP contribution is -2.43. The molecule has 0 fully saturated rings. The molecule has 0 amide bonds. The zero-order valence-electron chi connectivity index (χ0n) is 34.3. The lowest BCUT2D eigenvalue weighted by atomic mass is 9.91. The van der Waals surface area contributed by atoms with Gasteiger partial charge in [0.1, 0.15) is 11.9 Å². The summed E-state index contributed by atoms with van der Waals surface area (Å²) in [5, 5.41) is 8.89. The van der Waals surface area contributed by atoms with Crippen molar-refractivity contribution in [2.45, 2.75) is 141 Å². The van der Waals surface area contributed by atoms with Gasteiger partial charge < -0.3 is 33.2 Å². The van der Waals surface area contributed by atoms with Crippen molar-refractivity contribution in [1.29, 1.82) is 0 Å². The van der Waals surface area contributed by atoms with Gasteiger partial charge in [0.15, 0.2) is 8.32 Å². The molecule has 0 bridgehead atoms. The number of carbonyl (C=O) groups is 1. The summed E-state index contributed by atoms with van der Waals surface area (Å²) in [5.74, 6) is 4.93. The van der Waals surface area contributed by atoms with Crippen molar-refractivity contribution in [2.24, 2.45) is 5.92 Å². The fourth-order valence-electron chi connectivity index (χ4n) is 6.39. The van der Waals surface area contributed by atoms with Crippen LogP contribution in [0, 0.1) is 17.8 Å². The third kappa shape index (κ3) is 16.2. The van der Waals surface area contributed by atoms with E-state index in [4.69, 9.17) is 33.2 Å². The summed E-state index contributed by atoms with van der Waals surface area (Å²) >= 11 is 0. The lowest BCUT2D eigenvalue weighted by molar-refractivity contribution is -0.130. The molecule has 7 atom stereocenters. The Morgan fingerprint density at radius 2 is 1.89 bits per heavy atom. The number of aliphatic carboxylic acids is 1. The second kappa shape index (κ2) is 22.4. The summed E-state index contributed by atoms with van der Waals surface area (Å²) in [7, 11) is 1.28. The number of hydrogen-bond donors (Lipinski definition) is 1. The maximum Gasteiger partial charge on any atom is 0.381 e. The van der Waals surface area contributed by atoms with Crippen LogP contribution < -0.4 is 4.74 Å². The van der Waals surface area contributed by atoms with Crippen LogP contribution in [0.3, 0.4) is 0 Å². The lowest BCUT2D eigenvalue weighted by Gasteiger charge is -2.39. The van der Waals surface area contributed by atoms with E-state index in [0.717, 1.165) is 49.0 Å². The predicted octanol–water partition coefficient (Wildman–Crippen LogP) is 9.78. The Balaban J connectivity index is 1.72. The number of hydrogen-bond acceptors (Lipinski definition) is 7. The van der Waals surface area contributed by atoms with Crippen LogP contribution in [0.2, 0.25) is 18.1 Å². The van der Waals surface area contributed by atoms with E-state index in [-0.39, 0.29) is 41.7 Å². The van der Waals surface area contributed by atoms with Crippen LogP contribution in [0.4, 0.5) is 0 Å². The van der Waals surface area contributed by atoms with Gasteiger partial charge in [-0.05, 0) is 87.2 Å². The zero-order chi connectivity index (χ0) is 39.7. The van der Waals surface area contributed by atoms with E-state index in [1.54, 1.807) is 14.2 Å². The number of benzene rings is 1. The molecule has 0 aromatic heterocycles. The maximum atomic E-state index is 10.8. The van der Waals surface area contributed by atoms with Crippen LogP contribution in [-0.2, 0) is 34.8 Å². The van der Waals surface area contributed by atoms with Crippen molar-refractivity contribution >= 4 is 14.3 Å². The van der Waals surface area contributed by atoms with E-state index in [1.807, 2.05) is 30.3 Å². The second-order valence-electron chi connectivity index (χ2n) is 16.3. The Kier molecular flexibility index (Phi) is 18.7. The van der Waals surface area contributed by atoms with Gasteiger partial charge in [0, 0.05) is 19.5 Å². The van der Waals surface area contributed by atoms with Crippen LogP contribution in [0.5, 0.6) is 5.75 Å². The largest absolute Gasteiger partial charge is 0.497 e. The molecule has 0 saturated heterocycles. The SMILES string of the molecule is C=C(CC(C)CC1CC=CC(CC#CC(=O)O)O1)CC(C=CCC(OCc1ccc(OC)cc1)C(C=CC1CC(C)=CCO1)OC)O[Si](C)(C)C(C)(C)C. The molecule has 1 N–H and O–H groups in total. The van der Waals surface area contributed by atoms with Crippen molar-refractivity contribution in [2.75, 3.05) is 20.8 Å². The fourth-order valence-corrected chi connectivity index (χ4v) is 7.67. The molecule has 0 aliphatic carbocycles. The summed E-state index contributed by atoms with van der Waals surface area (Å²) < 4.78 is 37.2. The molecule has 0 spiro atoms. The van der Waals surface area contributed by atoms with Crippen LogP contribution in [0.1, 0.15) is 85.1 Å². The van der Waals surface area contributed by atoms with E-state index in [2.05, 4.69) is 103 Å². The maximum absolute atomic E-state index is 10.8. The van der Waals surface area contributed by atoms with Gasteiger partial charge in [-0.15, -0.1) is 0 Å². The number of rotatable bonds is 20. The summed E-state index contributed by atoms with van der Waals surface area (Å²) in [6.45, 7) is 21.3. The average Bonchev–Trinajstić information content (AvgIpc) is 3.10. The summed E-state index contributed by atoms with van der Waals surface area (Å²) in [6.07, 6.45) is 19.2. The van der Waals surface area contributed by atoms with Gasteiger partial charge in [-0.2, -0.15) is 0 Å². The molecule has 1 aromatic rings. The Bertz CT molecular complexity index is 1510. The van der Waals surface area contributed by atoms with E-state index < -0.39 is 14.3 Å². The number of methoxy groups -OCH3 is 2. The normalized spacial score (nSPS) is 21.6. The fraction of sp³-hybridized carbons (Fsp3) is 0.578. The van der Waals surface area contributed by atoms with Crippen molar-refractivity contribution < 1.29 is 38.0 Å². The van der Waals surface area contributed by atoms with Gasteiger partial charge in [0.2, 0.25) is 0 Å². The van der Waals surface area contributed by atoms with Crippen molar-refractivity contribution in [3.63, 3.8) is 0 Å². The monoisotopic (exact) mass is 762 g/mol. The molecule has 0 saturated carbocycles. The molecule has 7 unspecified atom stereocenters. The smallest absolute Gasteiger partial charge is 0.381 e. The molecule has 54 heavy (non-hydrogen) atoms. The highest BCUT2D eigenvalue weighted by molar-refractivity contribution is 6.74. The summed E-state index contributed by atoms with van der Waals surface area (Å²) in [6, 6.07) is 7.95. The molecule has 0 radical (unpaired) electrons. The Morgan fingerprint density at radius 3 is 2.54 bits per heavy atom. The minimum Gasteiger partial charge on any atom is -0.497 e. The highest BCUT2D eigenvalue weighted by atomic mass is 28.4. The second-order valence-corrected chi connectivity index (χ2v) is 21.0. The van der Waals surface area contributed by atoms with Gasteiger partial charge in [0.25, 0.3) is 0 Å². The topological polar surface area (TPSA) is 92.7 Å². The molecular weight excluding hydrogens is 697 g/mol. The molecule has 3 rings (SSSR count). The molecule has 2 aliphatic heterocycles. The molecule has 9 heteroatoms. The van der Waals surface area contributed by atoms with Crippen molar-refractivity contribution in [1.82, 2.24) is 0 Å². The van der Waals surface area contributed by atoms with E-state index in [1.165, 1.54) is 5.57 Å². The molecule has 2 aliphatic rings. The van der Waals surface area contributed by atoms with E-state index >= 15 is 0 Å². The third-order valence-electron chi connectivity index (χ3n) is 10.4. The average molecular weight is 763 g/mol. The van der Waals surface area contributed by atoms with Crippen LogP contribution in [-0.4, -0.2) is 76.8 Å². The highest BCUT2D eigenvalue weighted by Gasteiger charge is 2.39. The summed E-state index contributed by atoms with van der Waals surface area (Å²) in [5.41, 5.74) is 3.53. The first-order valence-electron chi connectivity index (χ1n) is 19.4. The van der Waals surface area contributed by atoms with Crippen molar-refractivity contribution in [3.05, 3.63) is 90.1 Å². The van der Waals surface area contributed by atoms with Gasteiger partial charge in [0.05, 0.1) is 50.8 Å². The Hall–Kier alpha value is -3.23. The quantitative estimate of drug-likeness (QED) is 0.0798. The van der Waals surface area contributed by atoms with E-state index in [9.17, 15) is 4.79 Å². The van der Waals surface area contributed by atoms with Gasteiger partial charge >= 0.3 is 5.97 Å². The highest BCUT2D eigenvalue weighted by Crippen LogP contribution is 2.38. The number of ether oxygens (including phenoxy) is 5. The molecule has 298 valence electrons. The number of carboxylic acid groups (broad SMARTS) is 1. The van der Waals surface area contributed by atoms with Gasteiger partial charge in [-0.1, -0.05) is 106 Å². The van der Waals surface area contributed by atoms with Gasteiger partial charge in [-0.25, -0.2) is 4.79 Å². The number of carboxylic acids is 1. The molecule has 2 heterocycles. The zero-order valence-corrected chi connectivity index (χ0v) is 35.3. The first kappa shape index (κ1) is 45.2. The molecule has 8 nitrogen and oxygen atoms in total. The predicted molar refractivity (Wildman–Crippen MR) is 220 cm³/mol. The summed E-state index contributed by atoms with van der Waals surface area (Å²) in [4.78, 5) is 10.8. The minimum atomic E-state index is -2.11.